The zero-order chi connectivity index (χ0) is 19.8. The molecule has 1 aliphatic heterocycles. The predicted molar refractivity (Wildman–Crippen MR) is 116 cm³/mol. The van der Waals surface area contributed by atoms with Crippen molar-refractivity contribution in [2.75, 3.05) is 11.4 Å². The molecule has 5 rings (SSSR count). The van der Waals surface area contributed by atoms with Crippen molar-refractivity contribution in [1.82, 2.24) is 4.98 Å². The first-order valence-corrected chi connectivity index (χ1v) is 10.1. The molecule has 152 valence electrons. The second kappa shape index (κ2) is 8.44. The lowest BCUT2D eigenvalue weighted by Gasteiger charge is -2.14. The van der Waals surface area contributed by atoms with E-state index in [-0.39, 0.29) is 22.9 Å². The van der Waals surface area contributed by atoms with Gasteiger partial charge in [0.1, 0.15) is 6.54 Å². The van der Waals surface area contributed by atoms with Crippen LogP contribution < -0.4 is 26.4 Å². The molecule has 2 aromatic heterocycles. The number of carbonyl (C=O) groups is 1. The van der Waals surface area contributed by atoms with E-state index in [4.69, 9.17) is 0 Å². The molecule has 1 N–H and O–H groups in total. The maximum absolute atomic E-state index is 12.0. The van der Waals surface area contributed by atoms with Gasteiger partial charge in [0.05, 0.1) is 0 Å². The van der Waals surface area contributed by atoms with Gasteiger partial charge in [-0.2, -0.15) is 0 Å². The van der Waals surface area contributed by atoms with Crippen molar-refractivity contribution in [1.29, 1.82) is 0 Å². The Morgan fingerprint density at radius 1 is 1.07 bits per heavy atom. The van der Waals surface area contributed by atoms with Crippen molar-refractivity contribution in [3.8, 4) is 11.1 Å². The second-order valence-corrected chi connectivity index (χ2v) is 7.78. The maximum atomic E-state index is 12.0. The van der Waals surface area contributed by atoms with Crippen molar-refractivity contribution in [3.63, 3.8) is 0 Å². The van der Waals surface area contributed by atoms with E-state index in [1.807, 2.05) is 17.2 Å². The SMILES string of the molecule is CC(=O)N1CC(CC[n+]2ccc(-c3ccc4[nH]ccc4c3)cc2)c2ccccc21.[Br-]. The minimum atomic E-state index is 0. The molecule has 0 bridgehead atoms. The molecule has 4 aromatic rings. The highest BCUT2D eigenvalue weighted by Gasteiger charge is 2.30. The van der Waals surface area contributed by atoms with E-state index < -0.39 is 0 Å². The maximum Gasteiger partial charge on any atom is 0.223 e. The number of anilines is 1. The van der Waals surface area contributed by atoms with E-state index in [9.17, 15) is 4.79 Å². The number of carbonyl (C=O) groups excluding carboxylic acids is 1. The Kier molecular flexibility index (Phi) is 5.73. The van der Waals surface area contributed by atoms with Gasteiger partial charge in [0.2, 0.25) is 5.91 Å². The number of nitrogens with zero attached hydrogens (tertiary/aromatic N) is 2. The van der Waals surface area contributed by atoms with Crippen molar-refractivity contribution in [3.05, 3.63) is 84.8 Å². The van der Waals surface area contributed by atoms with Crippen LogP contribution in [-0.2, 0) is 11.3 Å². The number of amides is 1. The van der Waals surface area contributed by atoms with E-state index in [2.05, 4.69) is 76.5 Å². The molecule has 0 saturated heterocycles. The molecular weight excluding hydrogens is 438 g/mol. The largest absolute Gasteiger partial charge is 1.00 e. The molecule has 0 aliphatic carbocycles. The summed E-state index contributed by atoms with van der Waals surface area (Å²) >= 11 is 0. The lowest BCUT2D eigenvalue weighted by Crippen LogP contribution is -3.00. The monoisotopic (exact) mass is 461 g/mol. The van der Waals surface area contributed by atoms with E-state index in [1.165, 1.54) is 22.1 Å². The van der Waals surface area contributed by atoms with Gasteiger partial charge < -0.3 is 26.9 Å². The predicted octanol–water partition coefficient (Wildman–Crippen LogP) is 1.67. The fourth-order valence-corrected chi connectivity index (χ4v) is 4.38. The Bertz CT molecular complexity index is 1180. The van der Waals surface area contributed by atoms with Gasteiger partial charge in [-0.15, -0.1) is 0 Å². The number of rotatable bonds is 4. The molecule has 2 aromatic carbocycles. The van der Waals surface area contributed by atoms with Gasteiger partial charge in [0, 0.05) is 55.3 Å². The molecule has 1 aliphatic rings. The number of benzene rings is 2. The number of para-hydroxylation sites is 1. The average Bonchev–Trinajstić information content (AvgIpc) is 3.37. The summed E-state index contributed by atoms with van der Waals surface area (Å²) in [5.74, 6) is 0.509. The summed E-state index contributed by atoms with van der Waals surface area (Å²) in [4.78, 5) is 17.1. The van der Waals surface area contributed by atoms with Crippen LogP contribution in [0.2, 0.25) is 0 Å². The van der Waals surface area contributed by atoms with Gasteiger partial charge in [-0.25, -0.2) is 4.57 Å². The third-order valence-corrected chi connectivity index (χ3v) is 5.96. The summed E-state index contributed by atoms with van der Waals surface area (Å²) in [5.41, 5.74) is 5.98. The number of nitrogens with one attached hydrogen (secondary N) is 1. The smallest absolute Gasteiger partial charge is 0.223 e. The molecule has 30 heavy (non-hydrogen) atoms. The number of pyridine rings is 1. The third kappa shape index (κ3) is 3.77. The summed E-state index contributed by atoms with van der Waals surface area (Å²) in [6, 6.07) is 21.3. The minimum absolute atomic E-state index is 0. The lowest BCUT2D eigenvalue weighted by atomic mass is 9.98. The summed E-state index contributed by atoms with van der Waals surface area (Å²) in [6.07, 6.45) is 7.29. The summed E-state index contributed by atoms with van der Waals surface area (Å²) < 4.78 is 2.23. The molecule has 4 nitrogen and oxygen atoms in total. The fraction of sp³-hybridized carbons (Fsp3) is 0.200. The Labute approximate surface area is 186 Å². The van der Waals surface area contributed by atoms with E-state index in [0.29, 0.717) is 5.92 Å². The Balaban J connectivity index is 0.00000218. The van der Waals surface area contributed by atoms with Crippen LogP contribution in [0, 0.1) is 0 Å². The Hall–Kier alpha value is -2.92. The van der Waals surface area contributed by atoms with Crippen LogP contribution >= 0.6 is 0 Å². The molecule has 0 fully saturated rings. The third-order valence-electron chi connectivity index (χ3n) is 5.96. The van der Waals surface area contributed by atoms with Crippen molar-refractivity contribution in [2.24, 2.45) is 0 Å². The summed E-state index contributed by atoms with van der Waals surface area (Å²) in [7, 11) is 0. The van der Waals surface area contributed by atoms with E-state index in [1.54, 1.807) is 6.92 Å². The van der Waals surface area contributed by atoms with E-state index in [0.717, 1.165) is 30.7 Å². The highest BCUT2D eigenvalue weighted by atomic mass is 79.9. The van der Waals surface area contributed by atoms with Crippen LogP contribution in [0.25, 0.3) is 22.0 Å². The molecule has 1 amide bonds. The van der Waals surface area contributed by atoms with Crippen LogP contribution in [0.15, 0.2) is 79.3 Å². The number of hydrogen-bond donors (Lipinski definition) is 1. The molecule has 1 unspecified atom stereocenters. The first-order valence-electron chi connectivity index (χ1n) is 10.1. The summed E-state index contributed by atoms with van der Waals surface area (Å²) in [6.45, 7) is 3.36. The standard InChI is InChI=1S/C25H23N3O.BrH/c1-18(29)28-17-22(23-4-2-3-5-25(23)28)11-15-27-13-9-19(10-14-27)20-6-7-24-21(16-20)8-12-26-24;/h2-10,12-14,16,22H,11,15,17H2,1H3;1H. The van der Waals surface area contributed by atoms with Gasteiger partial charge >= 0.3 is 0 Å². The number of H-pyrrole nitrogens is 1. The molecule has 0 spiro atoms. The van der Waals surface area contributed by atoms with Crippen LogP contribution in [0.4, 0.5) is 5.69 Å². The summed E-state index contributed by atoms with van der Waals surface area (Å²) in [5, 5.41) is 1.23. The normalized spacial score (nSPS) is 15.1. The molecule has 0 radical (unpaired) electrons. The van der Waals surface area contributed by atoms with Gasteiger partial charge in [-0.05, 0) is 46.3 Å². The quantitative estimate of drug-likeness (QED) is 0.461. The number of hydrogen-bond acceptors (Lipinski definition) is 1. The van der Waals surface area contributed by atoms with Crippen LogP contribution in [0.3, 0.4) is 0 Å². The topological polar surface area (TPSA) is 40.0 Å². The van der Waals surface area contributed by atoms with Gasteiger partial charge in [0.15, 0.2) is 12.4 Å². The highest BCUT2D eigenvalue weighted by molar-refractivity contribution is 5.94. The number of aromatic nitrogens is 2. The highest BCUT2D eigenvalue weighted by Crippen LogP contribution is 2.37. The average molecular weight is 462 g/mol. The number of aromatic amines is 1. The van der Waals surface area contributed by atoms with Crippen molar-refractivity contribution < 1.29 is 26.3 Å². The number of fused-ring (bicyclic) bond motifs is 2. The van der Waals surface area contributed by atoms with Crippen LogP contribution in [0.5, 0.6) is 0 Å². The van der Waals surface area contributed by atoms with Crippen LogP contribution in [0.1, 0.15) is 24.8 Å². The fourth-order valence-electron chi connectivity index (χ4n) is 4.38. The Morgan fingerprint density at radius 3 is 2.67 bits per heavy atom. The zero-order valence-electron chi connectivity index (χ0n) is 16.9. The molecule has 5 heteroatoms. The van der Waals surface area contributed by atoms with Gasteiger partial charge in [0.25, 0.3) is 0 Å². The van der Waals surface area contributed by atoms with Gasteiger partial charge in [-0.1, -0.05) is 24.3 Å². The second-order valence-electron chi connectivity index (χ2n) is 7.78. The number of halogens is 1. The lowest BCUT2D eigenvalue weighted by molar-refractivity contribution is -0.697. The Morgan fingerprint density at radius 2 is 1.87 bits per heavy atom. The van der Waals surface area contributed by atoms with Gasteiger partial charge in [-0.3, -0.25) is 4.79 Å². The van der Waals surface area contributed by atoms with Crippen molar-refractivity contribution >= 4 is 22.5 Å². The molecule has 0 saturated carbocycles. The van der Waals surface area contributed by atoms with Crippen LogP contribution in [-0.4, -0.2) is 17.4 Å². The first-order chi connectivity index (χ1) is 14.2. The molecule has 3 heterocycles. The number of aryl methyl sites for hydroxylation is 1. The van der Waals surface area contributed by atoms with E-state index >= 15 is 0 Å². The molecule has 1 atom stereocenters. The zero-order valence-corrected chi connectivity index (χ0v) is 18.5. The minimum Gasteiger partial charge on any atom is -1.00 e. The molecular formula is C25H24BrN3O. The van der Waals surface area contributed by atoms with Crippen molar-refractivity contribution in [2.45, 2.75) is 25.8 Å². The first kappa shape index (κ1) is 20.4.